The minimum Gasteiger partial charge on any atom is -0.361 e. The number of benzene rings is 2. The summed E-state index contributed by atoms with van der Waals surface area (Å²) in [4.78, 5) is 31.7. The first-order valence-electron chi connectivity index (χ1n) is 10.4. The molecule has 2 amide bonds. The zero-order chi connectivity index (χ0) is 22.8. The van der Waals surface area contributed by atoms with Gasteiger partial charge in [-0.1, -0.05) is 49.6 Å². The van der Waals surface area contributed by atoms with Crippen LogP contribution in [-0.4, -0.2) is 45.3 Å². The van der Waals surface area contributed by atoms with Crippen molar-refractivity contribution in [1.82, 2.24) is 19.4 Å². The Morgan fingerprint density at radius 1 is 0.969 bits per heavy atom. The number of likely N-dealkylation sites (N-methyl/N-ethyl adjacent to an activating group) is 2. The third kappa shape index (κ3) is 3.83. The van der Waals surface area contributed by atoms with E-state index in [2.05, 4.69) is 18.1 Å². The van der Waals surface area contributed by atoms with E-state index in [0.717, 1.165) is 32.9 Å². The van der Waals surface area contributed by atoms with Gasteiger partial charge in [-0.15, -0.1) is 0 Å². The fourth-order valence-corrected chi connectivity index (χ4v) is 4.00. The van der Waals surface area contributed by atoms with Crippen molar-refractivity contribution in [1.29, 1.82) is 0 Å². The number of nitrogens with one attached hydrogen (secondary N) is 1. The fraction of sp³-hybridized carbons (Fsp3) is 0.154. The van der Waals surface area contributed by atoms with Crippen molar-refractivity contribution in [2.45, 2.75) is 13.1 Å². The number of rotatable bonds is 7. The maximum Gasteiger partial charge on any atom is 0.270 e. The summed E-state index contributed by atoms with van der Waals surface area (Å²) in [6.45, 7) is 8.52. The number of aromatic nitrogens is 2. The topological polar surface area (TPSA) is 61.3 Å². The minimum absolute atomic E-state index is 0.157. The minimum atomic E-state index is -0.168. The highest BCUT2D eigenvalue weighted by Crippen LogP contribution is 2.26. The fourth-order valence-electron chi connectivity index (χ4n) is 4.00. The van der Waals surface area contributed by atoms with Crippen LogP contribution in [-0.2, 0) is 22.7 Å². The number of hydrogen-bond donors (Lipinski definition) is 1. The molecule has 0 fully saturated rings. The van der Waals surface area contributed by atoms with Crippen LogP contribution in [0.3, 0.4) is 0 Å². The van der Waals surface area contributed by atoms with Gasteiger partial charge in [0.05, 0.1) is 5.52 Å². The number of hydrogen-bond acceptors (Lipinski definition) is 2. The first kappa shape index (κ1) is 21.2. The lowest BCUT2D eigenvalue weighted by atomic mass is 10.1. The van der Waals surface area contributed by atoms with Crippen molar-refractivity contribution in [3.63, 3.8) is 0 Å². The van der Waals surface area contributed by atoms with E-state index < -0.39 is 0 Å². The summed E-state index contributed by atoms with van der Waals surface area (Å²) in [5.41, 5.74) is 4.26. The Morgan fingerprint density at radius 2 is 1.62 bits per heavy atom. The molecule has 2 heterocycles. The van der Waals surface area contributed by atoms with Crippen LogP contribution in [0.1, 0.15) is 11.1 Å². The molecule has 0 aliphatic carbocycles. The SMILES string of the molecule is C=CC(=O)N(C)Cc1cn(C(=C)C(=O)N(C)Cc2c[nH]c3ccccc23)c2ccccc12. The maximum absolute atomic E-state index is 13.3. The van der Waals surface area contributed by atoms with Gasteiger partial charge in [-0.3, -0.25) is 9.59 Å². The molecule has 0 aliphatic rings. The summed E-state index contributed by atoms with van der Waals surface area (Å²) >= 11 is 0. The quantitative estimate of drug-likeness (QED) is 0.446. The summed E-state index contributed by atoms with van der Waals surface area (Å²) < 4.78 is 1.81. The highest BCUT2D eigenvalue weighted by molar-refractivity contribution is 6.14. The third-order valence-electron chi connectivity index (χ3n) is 5.72. The molecule has 6 heteroatoms. The Hall–Kier alpha value is -4.06. The Kier molecular flexibility index (Phi) is 5.69. The van der Waals surface area contributed by atoms with E-state index in [1.807, 2.05) is 65.5 Å². The largest absolute Gasteiger partial charge is 0.361 e. The van der Waals surface area contributed by atoms with Crippen LogP contribution in [0.4, 0.5) is 0 Å². The molecule has 0 aliphatic heterocycles. The number of para-hydroxylation sites is 2. The molecule has 32 heavy (non-hydrogen) atoms. The summed E-state index contributed by atoms with van der Waals surface area (Å²) in [5.74, 6) is -0.326. The van der Waals surface area contributed by atoms with Crippen LogP contribution in [0.15, 0.2) is 80.2 Å². The zero-order valence-electron chi connectivity index (χ0n) is 18.3. The van der Waals surface area contributed by atoms with E-state index in [9.17, 15) is 9.59 Å². The van der Waals surface area contributed by atoms with Gasteiger partial charge in [-0.2, -0.15) is 0 Å². The number of amides is 2. The third-order valence-corrected chi connectivity index (χ3v) is 5.72. The number of nitrogens with zero attached hydrogens (tertiary/aromatic N) is 3. The Morgan fingerprint density at radius 3 is 2.38 bits per heavy atom. The van der Waals surface area contributed by atoms with E-state index in [0.29, 0.717) is 18.8 Å². The normalized spacial score (nSPS) is 10.9. The smallest absolute Gasteiger partial charge is 0.270 e. The van der Waals surface area contributed by atoms with Gasteiger partial charge in [-0.05, 0) is 29.3 Å². The molecule has 6 nitrogen and oxygen atoms in total. The maximum atomic E-state index is 13.3. The second-order valence-corrected chi connectivity index (χ2v) is 7.91. The lowest BCUT2D eigenvalue weighted by Gasteiger charge is -2.19. The van der Waals surface area contributed by atoms with Gasteiger partial charge in [0.1, 0.15) is 5.70 Å². The molecule has 4 aromatic rings. The van der Waals surface area contributed by atoms with Crippen LogP contribution in [0.5, 0.6) is 0 Å². The zero-order valence-corrected chi connectivity index (χ0v) is 18.3. The highest BCUT2D eigenvalue weighted by atomic mass is 16.2. The van der Waals surface area contributed by atoms with Crippen molar-refractivity contribution < 1.29 is 9.59 Å². The summed E-state index contributed by atoms with van der Waals surface area (Å²) in [6.07, 6.45) is 5.12. The van der Waals surface area contributed by atoms with Crippen LogP contribution in [0, 0.1) is 0 Å². The molecule has 2 aromatic carbocycles. The number of aromatic amines is 1. The average Bonchev–Trinajstić information content (AvgIpc) is 3.39. The lowest BCUT2D eigenvalue weighted by molar-refractivity contribution is -0.125. The van der Waals surface area contributed by atoms with Gasteiger partial charge in [0, 0.05) is 55.9 Å². The second kappa shape index (κ2) is 8.59. The van der Waals surface area contributed by atoms with Gasteiger partial charge < -0.3 is 19.4 Å². The van der Waals surface area contributed by atoms with E-state index in [-0.39, 0.29) is 11.8 Å². The predicted molar refractivity (Wildman–Crippen MR) is 129 cm³/mol. The van der Waals surface area contributed by atoms with Crippen molar-refractivity contribution >= 4 is 39.3 Å². The number of carbonyl (C=O) groups excluding carboxylic acids is 2. The molecule has 2 aromatic heterocycles. The average molecular weight is 427 g/mol. The molecular weight excluding hydrogens is 400 g/mol. The van der Waals surface area contributed by atoms with E-state index >= 15 is 0 Å². The molecular formula is C26H26N4O2. The van der Waals surface area contributed by atoms with E-state index in [1.54, 1.807) is 23.9 Å². The molecule has 0 radical (unpaired) electrons. The predicted octanol–water partition coefficient (Wildman–Crippen LogP) is 4.40. The van der Waals surface area contributed by atoms with Crippen LogP contribution in [0.25, 0.3) is 27.5 Å². The van der Waals surface area contributed by atoms with Crippen molar-refractivity contribution in [3.8, 4) is 0 Å². The number of H-pyrrole nitrogens is 1. The first-order valence-corrected chi connectivity index (χ1v) is 10.4. The molecule has 0 unspecified atom stereocenters. The molecule has 0 bridgehead atoms. The van der Waals surface area contributed by atoms with Crippen molar-refractivity contribution in [3.05, 3.63) is 91.3 Å². The van der Waals surface area contributed by atoms with Crippen molar-refractivity contribution in [2.75, 3.05) is 14.1 Å². The molecule has 4 rings (SSSR count). The number of carbonyl (C=O) groups is 2. The molecule has 0 atom stereocenters. The summed E-state index contributed by atoms with van der Waals surface area (Å²) in [5, 5.41) is 2.07. The Balaban J connectivity index is 1.60. The van der Waals surface area contributed by atoms with Gasteiger partial charge >= 0.3 is 0 Å². The van der Waals surface area contributed by atoms with Crippen LogP contribution in [0.2, 0.25) is 0 Å². The molecule has 1 N–H and O–H groups in total. The first-order chi connectivity index (χ1) is 15.4. The lowest BCUT2D eigenvalue weighted by Crippen LogP contribution is -2.28. The van der Waals surface area contributed by atoms with Gasteiger partial charge in [-0.25, -0.2) is 0 Å². The van der Waals surface area contributed by atoms with Gasteiger partial charge in [0.25, 0.3) is 5.91 Å². The van der Waals surface area contributed by atoms with E-state index in [1.165, 1.54) is 6.08 Å². The second-order valence-electron chi connectivity index (χ2n) is 7.91. The monoisotopic (exact) mass is 426 g/mol. The molecule has 162 valence electrons. The summed E-state index contributed by atoms with van der Waals surface area (Å²) in [6, 6.07) is 15.8. The van der Waals surface area contributed by atoms with Crippen LogP contribution < -0.4 is 0 Å². The van der Waals surface area contributed by atoms with Gasteiger partial charge in [0.15, 0.2) is 0 Å². The molecule has 0 saturated heterocycles. The van der Waals surface area contributed by atoms with E-state index in [4.69, 9.17) is 0 Å². The molecule has 0 saturated carbocycles. The Labute approximate surface area is 187 Å². The van der Waals surface area contributed by atoms with Crippen LogP contribution >= 0.6 is 0 Å². The Bertz CT molecular complexity index is 1340. The standard InChI is InChI=1S/C26H26N4O2/c1-5-25(31)28(3)16-20-17-30(24-13-9-7-11-22(20)24)18(2)26(32)29(4)15-19-14-27-23-12-8-6-10-21(19)23/h5-14,17,27H,1-2,15-16H2,3-4H3. The van der Waals surface area contributed by atoms with Crippen molar-refractivity contribution in [2.24, 2.45) is 0 Å². The number of fused-ring (bicyclic) bond motifs is 2. The molecule has 0 spiro atoms. The summed E-state index contributed by atoms with van der Waals surface area (Å²) in [7, 11) is 3.50. The van der Waals surface area contributed by atoms with Gasteiger partial charge in [0.2, 0.25) is 5.91 Å². The highest BCUT2D eigenvalue weighted by Gasteiger charge is 2.20.